The van der Waals surface area contributed by atoms with Gasteiger partial charge in [0.05, 0.1) is 18.2 Å². The number of rotatable bonds is 8. The van der Waals surface area contributed by atoms with Crippen molar-refractivity contribution in [1.29, 1.82) is 0 Å². The van der Waals surface area contributed by atoms with Crippen LogP contribution in [-0.4, -0.2) is 43.1 Å². The van der Waals surface area contributed by atoms with E-state index in [-0.39, 0.29) is 24.1 Å². The maximum Gasteiger partial charge on any atom is 0.416 e. The molecule has 0 amide bonds. The van der Waals surface area contributed by atoms with Crippen molar-refractivity contribution in [3.8, 4) is 5.75 Å². The van der Waals surface area contributed by atoms with E-state index in [1.54, 1.807) is 12.5 Å². The molecular formula is C29H29F6N2O. The largest absolute Gasteiger partial charge is 0.496 e. The number of para-hydroxylation sites is 1. The van der Waals surface area contributed by atoms with Gasteiger partial charge in [-0.3, -0.25) is 9.80 Å². The van der Waals surface area contributed by atoms with Crippen LogP contribution in [0, 0.1) is 6.42 Å². The average Bonchev–Trinajstić information content (AvgIpc) is 2.89. The number of hydrogen-bond acceptors (Lipinski definition) is 3. The lowest BCUT2D eigenvalue weighted by Crippen LogP contribution is -2.47. The van der Waals surface area contributed by atoms with Crippen molar-refractivity contribution in [1.82, 2.24) is 9.80 Å². The van der Waals surface area contributed by atoms with Crippen molar-refractivity contribution in [2.45, 2.75) is 31.4 Å². The van der Waals surface area contributed by atoms with Crippen molar-refractivity contribution in [2.75, 3.05) is 33.3 Å². The first-order valence-electron chi connectivity index (χ1n) is 12.3. The van der Waals surface area contributed by atoms with Crippen molar-refractivity contribution >= 4 is 0 Å². The molecular weight excluding hydrogens is 506 g/mol. The summed E-state index contributed by atoms with van der Waals surface area (Å²) in [5.74, 6) is 0.612. The first-order valence-corrected chi connectivity index (χ1v) is 12.3. The Labute approximate surface area is 218 Å². The Morgan fingerprint density at radius 1 is 0.763 bits per heavy atom. The Morgan fingerprint density at radius 2 is 1.34 bits per heavy atom. The molecule has 0 saturated carbocycles. The van der Waals surface area contributed by atoms with E-state index in [1.165, 1.54) is 12.7 Å². The summed E-state index contributed by atoms with van der Waals surface area (Å²) in [5, 5.41) is 0. The Hall–Kier alpha value is -3.04. The molecule has 0 N–H and O–H groups in total. The van der Waals surface area contributed by atoms with Gasteiger partial charge in [-0.1, -0.05) is 48.5 Å². The highest BCUT2D eigenvalue weighted by molar-refractivity contribution is 5.39. The van der Waals surface area contributed by atoms with E-state index in [9.17, 15) is 26.3 Å². The second-order valence-electron chi connectivity index (χ2n) is 9.34. The predicted octanol–water partition coefficient (Wildman–Crippen LogP) is 7.04. The lowest BCUT2D eigenvalue weighted by atomic mass is 9.94. The van der Waals surface area contributed by atoms with Crippen LogP contribution in [0.15, 0.2) is 72.8 Å². The summed E-state index contributed by atoms with van der Waals surface area (Å²) in [5.41, 5.74) is -0.638. The Kier molecular flexibility index (Phi) is 8.67. The van der Waals surface area contributed by atoms with Crippen LogP contribution in [-0.2, 0) is 25.3 Å². The summed E-state index contributed by atoms with van der Waals surface area (Å²) >= 11 is 0. The SMILES string of the molecule is COc1ccccc1C([CH]Cc1cc(C(F)(F)F)cc(C(F)(F)F)c1)N1CCN(Cc2ccccc2)CC1. The Morgan fingerprint density at radius 3 is 1.92 bits per heavy atom. The normalized spacial score (nSPS) is 16.4. The highest BCUT2D eigenvalue weighted by atomic mass is 19.4. The number of halogens is 6. The van der Waals surface area contributed by atoms with Gasteiger partial charge in [0, 0.05) is 44.3 Å². The summed E-state index contributed by atoms with van der Waals surface area (Å²) in [6, 6.07) is 18.8. The first kappa shape index (κ1) is 28.0. The van der Waals surface area contributed by atoms with E-state index in [1.807, 2.05) is 36.4 Å². The molecule has 1 fully saturated rings. The smallest absolute Gasteiger partial charge is 0.416 e. The van der Waals surface area contributed by atoms with Crippen molar-refractivity contribution in [3.63, 3.8) is 0 Å². The van der Waals surface area contributed by atoms with Gasteiger partial charge in [0.25, 0.3) is 0 Å². The van der Waals surface area contributed by atoms with Crippen LogP contribution in [0.2, 0.25) is 0 Å². The van der Waals surface area contributed by atoms with Gasteiger partial charge in [0.15, 0.2) is 0 Å². The monoisotopic (exact) mass is 535 g/mol. The van der Waals surface area contributed by atoms with Gasteiger partial charge in [-0.15, -0.1) is 0 Å². The summed E-state index contributed by atoms with van der Waals surface area (Å²) in [7, 11) is 1.54. The van der Waals surface area contributed by atoms with E-state index in [2.05, 4.69) is 21.9 Å². The van der Waals surface area contributed by atoms with Crippen LogP contribution in [0.1, 0.15) is 33.9 Å². The molecule has 1 aliphatic rings. The second kappa shape index (κ2) is 11.8. The molecule has 0 aliphatic carbocycles. The zero-order chi connectivity index (χ0) is 27.3. The number of methoxy groups -OCH3 is 1. The third-order valence-corrected chi connectivity index (χ3v) is 6.73. The molecule has 3 aromatic rings. The molecule has 1 atom stereocenters. The Bertz CT molecular complexity index is 1160. The number of nitrogens with zero attached hydrogens (tertiary/aromatic N) is 2. The van der Waals surface area contributed by atoms with Crippen LogP contribution in [0.4, 0.5) is 26.3 Å². The third kappa shape index (κ3) is 7.08. The van der Waals surface area contributed by atoms with E-state index in [4.69, 9.17) is 4.74 Å². The highest BCUT2D eigenvalue weighted by Gasteiger charge is 2.37. The lowest BCUT2D eigenvalue weighted by molar-refractivity contribution is -0.143. The average molecular weight is 536 g/mol. The summed E-state index contributed by atoms with van der Waals surface area (Å²) < 4.78 is 85.8. The van der Waals surface area contributed by atoms with Gasteiger partial charge in [-0.2, -0.15) is 26.3 Å². The van der Waals surface area contributed by atoms with Gasteiger partial charge in [0.2, 0.25) is 0 Å². The number of benzene rings is 3. The second-order valence-corrected chi connectivity index (χ2v) is 9.34. The molecule has 4 rings (SSSR count). The summed E-state index contributed by atoms with van der Waals surface area (Å²) in [4.78, 5) is 4.52. The van der Waals surface area contributed by atoms with E-state index in [0.717, 1.165) is 37.3 Å². The minimum Gasteiger partial charge on any atom is -0.496 e. The highest BCUT2D eigenvalue weighted by Crippen LogP contribution is 2.38. The van der Waals surface area contributed by atoms with E-state index in [0.29, 0.717) is 18.8 Å². The van der Waals surface area contributed by atoms with Crippen LogP contribution < -0.4 is 4.74 Å². The fraction of sp³-hybridized carbons (Fsp3) is 0.345. The molecule has 1 radical (unpaired) electrons. The predicted molar refractivity (Wildman–Crippen MR) is 133 cm³/mol. The molecule has 0 spiro atoms. The fourth-order valence-electron chi connectivity index (χ4n) is 4.81. The van der Waals surface area contributed by atoms with Crippen molar-refractivity contribution in [2.24, 2.45) is 0 Å². The number of alkyl halides is 6. The minimum absolute atomic E-state index is 0.0465. The molecule has 1 unspecified atom stereocenters. The fourth-order valence-corrected chi connectivity index (χ4v) is 4.81. The van der Waals surface area contributed by atoms with Gasteiger partial charge >= 0.3 is 12.4 Å². The number of piperazine rings is 1. The molecule has 3 nitrogen and oxygen atoms in total. The van der Waals surface area contributed by atoms with Gasteiger partial charge in [-0.05, 0) is 48.2 Å². The molecule has 1 aliphatic heterocycles. The lowest BCUT2D eigenvalue weighted by Gasteiger charge is -2.40. The van der Waals surface area contributed by atoms with Crippen LogP contribution >= 0.6 is 0 Å². The molecule has 203 valence electrons. The van der Waals surface area contributed by atoms with Gasteiger partial charge in [0.1, 0.15) is 5.75 Å². The standard InChI is InChI=1S/C29H29F6N2O/c1-38-27-10-6-5-9-25(27)26(37-15-13-36(14-16-37)20-21-7-3-2-4-8-21)12-11-22-17-23(28(30,31)32)19-24(18-22)29(33,34)35/h2-10,12,17-19,26H,11,13-16,20H2,1H3. The number of hydrogen-bond donors (Lipinski definition) is 0. The number of ether oxygens (including phenoxy) is 1. The quantitative estimate of drug-likeness (QED) is 0.288. The van der Waals surface area contributed by atoms with Crippen LogP contribution in [0.3, 0.4) is 0 Å². The van der Waals surface area contributed by atoms with Crippen LogP contribution in [0.5, 0.6) is 5.75 Å². The molecule has 38 heavy (non-hydrogen) atoms. The molecule has 0 bridgehead atoms. The first-order chi connectivity index (χ1) is 18.0. The third-order valence-electron chi connectivity index (χ3n) is 6.73. The summed E-state index contributed by atoms with van der Waals surface area (Å²) in [6.45, 7) is 3.72. The van der Waals surface area contributed by atoms with Gasteiger partial charge in [-0.25, -0.2) is 0 Å². The van der Waals surface area contributed by atoms with Crippen molar-refractivity contribution < 1.29 is 31.1 Å². The van der Waals surface area contributed by atoms with Crippen LogP contribution in [0.25, 0.3) is 0 Å². The molecule has 1 saturated heterocycles. The molecule has 0 aromatic heterocycles. The Balaban J connectivity index is 1.55. The van der Waals surface area contributed by atoms with Crippen molar-refractivity contribution in [3.05, 3.63) is 107 Å². The zero-order valence-corrected chi connectivity index (χ0v) is 20.9. The summed E-state index contributed by atoms with van der Waals surface area (Å²) in [6.07, 6.45) is -8.05. The molecule has 1 heterocycles. The zero-order valence-electron chi connectivity index (χ0n) is 20.9. The maximum atomic E-state index is 13.4. The van der Waals surface area contributed by atoms with E-state index >= 15 is 0 Å². The topological polar surface area (TPSA) is 15.7 Å². The van der Waals surface area contributed by atoms with E-state index < -0.39 is 23.5 Å². The molecule has 3 aromatic carbocycles. The van der Waals surface area contributed by atoms with Gasteiger partial charge < -0.3 is 4.74 Å². The maximum absolute atomic E-state index is 13.4. The minimum atomic E-state index is -4.88. The molecule has 9 heteroatoms.